The number of nitro benzene ring substituents is 1. The molecule has 116 valence electrons. The fourth-order valence-corrected chi connectivity index (χ4v) is 1.74. The standard InChI is InChI=1S/C15H10FN3O4/c16-12-6-5-11(19(21)22)7-13(12)18-15(20)9-23-14-4-2-1-3-10(14)8-17/h1-7H,9H2,(H,18,20). The summed E-state index contributed by atoms with van der Waals surface area (Å²) in [5, 5.41) is 21.7. The van der Waals surface area contributed by atoms with Crippen LogP contribution in [0.25, 0.3) is 0 Å². The lowest BCUT2D eigenvalue weighted by Crippen LogP contribution is -2.21. The molecule has 0 bridgehead atoms. The second-order valence-corrected chi connectivity index (χ2v) is 4.37. The maximum Gasteiger partial charge on any atom is 0.271 e. The molecule has 7 nitrogen and oxygen atoms in total. The first-order valence-electron chi connectivity index (χ1n) is 6.37. The summed E-state index contributed by atoms with van der Waals surface area (Å²) in [5.74, 6) is -1.30. The minimum absolute atomic E-state index is 0.213. The fraction of sp³-hybridized carbons (Fsp3) is 0.0667. The molecule has 0 radical (unpaired) electrons. The van der Waals surface area contributed by atoms with Crippen LogP contribution in [0, 0.1) is 27.3 Å². The number of non-ortho nitro benzene ring substituents is 1. The van der Waals surface area contributed by atoms with Crippen LogP contribution in [-0.4, -0.2) is 17.4 Å². The topological polar surface area (TPSA) is 105 Å². The summed E-state index contributed by atoms with van der Waals surface area (Å²) < 4.78 is 18.7. The molecule has 0 heterocycles. The van der Waals surface area contributed by atoms with Gasteiger partial charge in [-0.1, -0.05) is 12.1 Å². The Morgan fingerprint density at radius 1 is 1.35 bits per heavy atom. The van der Waals surface area contributed by atoms with Crippen molar-refractivity contribution < 1.29 is 18.8 Å². The number of carbonyl (C=O) groups is 1. The van der Waals surface area contributed by atoms with Crippen molar-refractivity contribution >= 4 is 17.3 Å². The van der Waals surface area contributed by atoms with Crippen LogP contribution in [0.4, 0.5) is 15.8 Å². The van der Waals surface area contributed by atoms with E-state index in [9.17, 15) is 19.3 Å². The Labute approximate surface area is 130 Å². The number of hydrogen-bond acceptors (Lipinski definition) is 5. The number of nitriles is 1. The van der Waals surface area contributed by atoms with E-state index in [0.29, 0.717) is 0 Å². The number of ether oxygens (including phenoxy) is 1. The van der Waals surface area contributed by atoms with E-state index in [0.717, 1.165) is 18.2 Å². The van der Waals surface area contributed by atoms with Gasteiger partial charge in [0.15, 0.2) is 6.61 Å². The smallest absolute Gasteiger partial charge is 0.271 e. The second-order valence-electron chi connectivity index (χ2n) is 4.37. The van der Waals surface area contributed by atoms with Gasteiger partial charge in [0, 0.05) is 12.1 Å². The largest absolute Gasteiger partial charge is 0.482 e. The lowest BCUT2D eigenvalue weighted by molar-refractivity contribution is -0.384. The normalized spacial score (nSPS) is 9.74. The minimum atomic E-state index is -0.804. The Morgan fingerprint density at radius 2 is 2.09 bits per heavy atom. The zero-order chi connectivity index (χ0) is 16.8. The number of halogens is 1. The van der Waals surface area contributed by atoms with E-state index in [-0.39, 0.29) is 22.7 Å². The van der Waals surface area contributed by atoms with Gasteiger partial charge in [0.25, 0.3) is 11.6 Å². The predicted octanol–water partition coefficient (Wildman–Crippen LogP) is 2.62. The monoisotopic (exact) mass is 315 g/mol. The van der Waals surface area contributed by atoms with Crippen molar-refractivity contribution in [2.75, 3.05) is 11.9 Å². The third-order valence-electron chi connectivity index (χ3n) is 2.80. The minimum Gasteiger partial charge on any atom is -0.482 e. The average Bonchev–Trinajstić information content (AvgIpc) is 2.55. The fourth-order valence-electron chi connectivity index (χ4n) is 1.74. The Morgan fingerprint density at radius 3 is 2.78 bits per heavy atom. The van der Waals surface area contributed by atoms with Crippen molar-refractivity contribution in [2.45, 2.75) is 0 Å². The molecule has 1 amide bonds. The lowest BCUT2D eigenvalue weighted by Gasteiger charge is -2.09. The molecular formula is C15H10FN3O4. The van der Waals surface area contributed by atoms with Crippen LogP contribution < -0.4 is 10.1 Å². The first-order valence-corrected chi connectivity index (χ1v) is 6.37. The molecule has 8 heteroatoms. The highest BCUT2D eigenvalue weighted by Crippen LogP contribution is 2.21. The Kier molecular flexibility index (Phi) is 4.84. The molecule has 0 saturated carbocycles. The van der Waals surface area contributed by atoms with Crippen LogP contribution in [0.2, 0.25) is 0 Å². The van der Waals surface area contributed by atoms with E-state index in [4.69, 9.17) is 10.00 Å². The van der Waals surface area contributed by atoms with Gasteiger partial charge in [-0.3, -0.25) is 14.9 Å². The number of para-hydroxylation sites is 1. The van der Waals surface area contributed by atoms with Gasteiger partial charge in [0.1, 0.15) is 17.6 Å². The summed E-state index contributed by atoms with van der Waals surface area (Å²) in [6, 6.07) is 11.0. The van der Waals surface area contributed by atoms with Crippen LogP contribution in [0.5, 0.6) is 5.75 Å². The lowest BCUT2D eigenvalue weighted by atomic mass is 10.2. The van der Waals surface area contributed by atoms with Gasteiger partial charge in [-0.15, -0.1) is 0 Å². The molecule has 0 spiro atoms. The number of hydrogen-bond donors (Lipinski definition) is 1. The second kappa shape index (κ2) is 7.00. The summed E-state index contributed by atoms with van der Waals surface area (Å²) in [6.45, 7) is -0.471. The first-order chi connectivity index (χ1) is 11.0. The molecule has 0 aliphatic rings. The molecule has 0 saturated heterocycles. The maximum absolute atomic E-state index is 13.6. The summed E-state index contributed by atoms with van der Waals surface area (Å²) in [5.41, 5.74) is -0.416. The molecule has 0 fully saturated rings. The van der Waals surface area contributed by atoms with Gasteiger partial charge in [-0.05, 0) is 18.2 Å². The van der Waals surface area contributed by atoms with Crippen LogP contribution in [-0.2, 0) is 4.79 Å². The van der Waals surface area contributed by atoms with Gasteiger partial charge in [-0.2, -0.15) is 5.26 Å². The molecule has 2 aromatic carbocycles. The number of amides is 1. The Balaban J connectivity index is 2.04. The van der Waals surface area contributed by atoms with Crippen molar-refractivity contribution in [1.82, 2.24) is 0 Å². The molecule has 0 unspecified atom stereocenters. The van der Waals surface area contributed by atoms with Crippen LogP contribution in [0.3, 0.4) is 0 Å². The summed E-state index contributed by atoms with van der Waals surface area (Å²) >= 11 is 0. The zero-order valence-corrected chi connectivity index (χ0v) is 11.7. The molecule has 0 aromatic heterocycles. The van der Waals surface area contributed by atoms with Crippen molar-refractivity contribution in [1.29, 1.82) is 5.26 Å². The van der Waals surface area contributed by atoms with E-state index in [1.807, 2.05) is 6.07 Å². The van der Waals surface area contributed by atoms with Gasteiger partial charge in [0.05, 0.1) is 16.2 Å². The van der Waals surface area contributed by atoms with Gasteiger partial charge in [0.2, 0.25) is 0 Å². The summed E-state index contributed by atoms with van der Waals surface area (Å²) in [7, 11) is 0. The van der Waals surface area contributed by atoms with E-state index in [1.165, 1.54) is 12.1 Å². The first kappa shape index (κ1) is 15.9. The van der Waals surface area contributed by atoms with Crippen LogP contribution in [0.1, 0.15) is 5.56 Å². The number of nitro groups is 1. The highest BCUT2D eigenvalue weighted by molar-refractivity contribution is 5.92. The summed E-state index contributed by atoms with van der Waals surface area (Å²) in [6.07, 6.45) is 0. The van der Waals surface area contributed by atoms with Gasteiger partial charge in [-0.25, -0.2) is 4.39 Å². The third-order valence-corrected chi connectivity index (χ3v) is 2.80. The number of nitrogens with one attached hydrogen (secondary N) is 1. The van der Waals surface area contributed by atoms with Crippen molar-refractivity contribution in [3.63, 3.8) is 0 Å². The van der Waals surface area contributed by atoms with Crippen molar-refractivity contribution in [2.24, 2.45) is 0 Å². The SMILES string of the molecule is N#Cc1ccccc1OCC(=O)Nc1cc([N+](=O)[O-])ccc1F. The number of rotatable bonds is 5. The van der Waals surface area contributed by atoms with Crippen LogP contribution >= 0.6 is 0 Å². The molecule has 2 aromatic rings. The van der Waals surface area contributed by atoms with Crippen molar-refractivity contribution in [3.05, 3.63) is 64.0 Å². The van der Waals surface area contributed by atoms with Gasteiger partial charge < -0.3 is 10.1 Å². The quantitative estimate of drug-likeness (QED) is 0.674. The van der Waals surface area contributed by atoms with E-state index < -0.39 is 23.3 Å². The molecule has 23 heavy (non-hydrogen) atoms. The number of benzene rings is 2. The Hall–Kier alpha value is -3.47. The van der Waals surface area contributed by atoms with Crippen molar-refractivity contribution in [3.8, 4) is 11.8 Å². The average molecular weight is 315 g/mol. The highest BCUT2D eigenvalue weighted by atomic mass is 19.1. The maximum atomic E-state index is 13.6. The molecule has 0 aliphatic carbocycles. The molecule has 0 aliphatic heterocycles. The van der Waals surface area contributed by atoms with E-state index >= 15 is 0 Å². The third kappa shape index (κ3) is 4.01. The molecule has 1 N–H and O–H groups in total. The zero-order valence-electron chi connectivity index (χ0n) is 11.7. The Bertz CT molecular complexity index is 802. The highest BCUT2D eigenvalue weighted by Gasteiger charge is 2.14. The number of carbonyl (C=O) groups excluding carboxylic acids is 1. The van der Waals surface area contributed by atoms with Gasteiger partial charge >= 0.3 is 0 Å². The predicted molar refractivity (Wildman–Crippen MR) is 78.3 cm³/mol. The molecule has 2 rings (SSSR count). The number of nitrogens with zero attached hydrogens (tertiary/aromatic N) is 2. The molecule has 0 atom stereocenters. The summed E-state index contributed by atoms with van der Waals surface area (Å²) in [4.78, 5) is 21.7. The van der Waals surface area contributed by atoms with E-state index in [2.05, 4.69) is 5.32 Å². The van der Waals surface area contributed by atoms with Crippen LogP contribution in [0.15, 0.2) is 42.5 Å². The van der Waals surface area contributed by atoms with E-state index in [1.54, 1.807) is 12.1 Å². The number of anilines is 1. The molecular weight excluding hydrogens is 305 g/mol.